The normalized spacial score (nSPS) is 9.71. The van der Waals surface area contributed by atoms with Crippen molar-refractivity contribution in [3.63, 3.8) is 0 Å². The van der Waals surface area contributed by atoms with Crippen molar-refractivity contribution in [2.24, 2.45) is 0 Å². The Labute approximate surface area is 92.0 Å². The van der Waals surface area contributed by atoms with Gasteiger partial charge in [-0.2, -0.15) is 0 Å². The maximum atomic E-state index is 11.1. The van der Waals surface area contributed by atoms with Crippen molar-refractivity contribution in [1.82, 2.24) is 5.32 Å². The van der Waals surface area contributed by atoms with Gasteiger partial charge in [0.25, 0.3) is 0 Å². The Balaban J connectivity index is 2.98. The molecule has 14 heavy (non-hydrogen) atoms. The lowest BCUT2D eigenvalue weighted by atomic mass is 10.1. The Kier molecular flexibility index (Phi) is 3.52. The van der Waals surface area contributed by atoms with E-state index in [-0.39, 0.29) is 6.03 Å². The van der Waals surface area contributed by atoms with E-state index < -0.39 is 0 Å². The van der Waals surface area contributed by atoms with E-state index in [1.54, 1.807) is 7.05 Å². The molecule has 76 valence electrons. The van der Waals surface area contributed by atoms with Crippen LogP contribution in [0.15, 0.2) is 16.6 Å². The molecule has 0 aromatic heterocycles. The number of aryl methyl sites for hydroxylation is 2. The fraction of sp³-hybridized carbons (Fsp3) is 0.300. The Morgan fingerprint density at radius 2 is 1.93 bits per heavy atom. The minimum absolute atomic E-state index is 0.205. The number of amides is 2. The second-order valence-electron chi connectivity index (χ2n) is 3.12. The number of nitrogens with one attached hydrogen (secondary N) is 2. The van der Waals surface area contributed by atoms with Gasteiger partial charge in [0, 0.05) is 17.2 Å². The average Bonchev–Trinajstić information content (AvgIpc) is 2.14. The molecule has 1 rings (SSSR count). The number of halogens is 1. The molecule has 0 saturated carbocycles. The van der Waals surface area contributed by atoms with E-state index >= 15 is 0 Å². The molecular formula is C10H13BrN2O. The van der Waals surface area contributed by atoms with Crippen molar-refractivity contribution >= 4 is 27.6 Å². The summed E-state index contributed by atoms with van der Waals surface area (Å²) in [4.78, 5) is 11.1. The Morgan fingerprint density at radius 1 is 1.29 bits per heavy atom. The van der Waals surface area contributed by atoms with Gasteiger partial charge in [0.2, 0.25) is 0 Å². The van der Waals surface area contributed by atoms with E-state index in [1.165, 1.54) is 0 Å². The van der Waals surface area contributed by atoms with Crippen LogP contribution in [0.25, 0.3) is 0 Å². The van der Waals surface area contributed by atoms with E-state index in [0.717, 1.165) is 21.3 Å². The molecule has 0 radical (unpaired) electrons. The molecule has 0 saturated heterocycles. The van der Waals surface area contributed by atoms with E-state index in [1.807, 2.05) is 26.0 Å². The zero-order valence-electron chi connectivity index (χ0n) is 8.44. The van der Waals surface area contributed by atoms with Gasteiger partial charge >= 0.3 is 6.03 Å². The van der Waals surface area contributed by atoms with Gasteiger partial charge in [-0.25, -0.2) is 4.79 Å². The smallest absolute Gasteiger partial charge is 0.318 e. The molecule has 3 nitrogen and oxygen atoms in total. The predicted octanol–water partition coefficient (Wildman–Crippen LogP) is 2.82. The van der Waals surface area contributed by atoms with Crippen LogP contribution in [-0.4, -0.2) is 13.1 Å². The van der Waals surface area contributed by atoms with E-state index in [2.05, 4.69) is 26.6 Å². The van der Waals surface area contributed by atoms with Crippen LogP contribution in [0.2, 0.25) is 0 Å². The maximum Gasteiger partial charge on any atom is 0.318 e. The first-order valence-corrected chi connectivity index (χ1v) is 5.09. The van der Waals surface area contributed by atoms with Crippen LogP contribution in [0.3, 0.4) is 0 Å². The summed E-state index contributed by atoms with van der Waals surface area (Å²) in [7, 11) is 1.59. The summed E-state index contributed by atoms with van der Waals surface area (Å²) in [5, 5.41) is 5.26. The van der Waals surface area contributed by atoms with Crippen molar-refractivity contribution in [3.05, 3.63) is 27.7 Å². The standard InChI is InChI=1S/C10H13BrN2O/c1-6-4-7(2)9(5-8(6)11)13-10(14)12-3/h4-5H,1-3H3,(H2,12,13,14). The third kappa shape index (κ3) is 2.48. The Morgan fingerprint density at radius 3 is 2.50 bits per heavy atom. The lowest BCUT2D eigenvalue weighted by Crippen LogP contribution is -2.24. The summed E-state index contributed by atoms with van der Waals surface area (Å²) >= 11 is 3.42. The number of hydrogen-bond acceptors (Lipinski definition) is 1. The van der Waals surface area contributed by atoms with Crippen molar-refractivity contribution in [2.75, 3.05) is 12.4 Å². The summed E-state index contributed by atoms with van der Waals surface area (Å²) in [6, 6.07) is 3.72. The van der Waals surface area contributed by atoms with Crippen molar-refractivity contribution in [2.45, 2.75) is 13.8 Å². The number of benzene rings is 1. The Hall–Kier alpha value is -1.03. The Bertz CT molecular complexity index is 363. The number of hydrogen-bond donors (Lipinski definition) is 2. The molecule has 0 bridgehead atoms. The van der Waals surface area contributed by atoms with Crippen LogP contribution in [0.1, 0.15) is 11.1 Å². The molecule has 0 aliphatic carbocycles. The largest absolute Gasteiger partial charge is 0.341 e. The van der Waals surface area contributed by atoms with Crippen LogP contribution < -0.4 is 10.6 Å². The van der Waals surface area contributed by atoms with Crippen molar-refractivity contribution < 1.29 is 4.79 Å². The molecule has 0 heterocycles. The minimum atomic E-state index is -0.205. The molecule has 0 aliphatic rings. The van der Waals surface area contributed by atoms with Gasteiger partial charge in [0.1, 0.15) is 0 Å². The molecule has 1 aromatic carbocycles. The lowest BCUT2D eigenvalue weighted by molar-refractivity contribution is 0.254. The summed E-state index contributed by atoms with van der Waals surface area (Å²) in [6.07, 6.45) is 0. The van der Waals surface area contributed by atoms with Gasteiger partial charge in [0.05, 0.1) is 0 Å². The molecule has 0 aliphatic heterocycles. The van der Waals surface area contributed by atoms with Crippen molar-refractivity contribution in [3.8, 4) is 0 Å². The topological polar surface area (TPSA) is 41.1 Å². The second-order valence-corrected chi connectivity index (χ2v) is 3.97. The first kappa shape index (κ1) is 11.0. The molecule has 4 heteroatoms. The quantitative estimate of drug-likeness (QED) is 0.798. The summed E-state index contributed by atoms with van der Waals surface area (Å²) in [5.74, 6) is 0. The SMILES string of the molecule is CNC(=O)Nc1cc(Br)c(C)cc1C. The van der Waals surface area contributed by atoms with Crippen LogP contribution in [0.4, 0.5) is 10.5 Å². The molecule has 0 unspecified atom stereocenters. The highest BCUT2D eigenvalue weighted by Crippen LogP contribution is 2.24. The average molecular weight is 257 g/mol. The van der Waals surface area contributed by atoms with Crippen LogP contribution >= 0.6 is 15.9 Å². The van der Waals surface area contributed by atoms with E-state index in [0.29, 0.717) is 0 Å². The zero-order valence-corrected chi connectivity index (χ0v) is 10.0. The van der Waals surface area contributed by atoms with Crippen LogP contribution in [-0.2, 0) is 0 Å². The molecule has 2 N–H and O–H groups in total. The van der Waals surface area contributed by atoms with E-state index in [4.69, 9.17) is 0 Å². The van der Waals surface area contributed by atoms with Crippen LogP contribution in [0.5, 0.6) is 0 Å². The van der Waals surface area contributed by atoms with Gasteiger partial charge in [-0.1, -0.05) is 22.0 Å². The number of urea groups is 1. The summed E-state index contributed by atoms with van der Waals surface area (Å²) in [5.41, 5.74) is 3.03. The molecule has 2 amide bonds. The molecular weight excluding hydrogens is 244 g/mol. The highest BCUT2D eigenvalue weighted by atomic mass is 79.9. The summed E-state index contributed by atoms with van der Waals surface area (Å²) in [6.45, 7) is 3.98. The molecule has 0 fully saturated rings. The fourth-order valence-electron chi connectivity index (χ4n) is 1.15. The maximum absolute atomic E-state index is 11.1. The van der Waals surface area contributed by atoms with Gasteiger partial charge in [-0.3, -0.25) is 0 Å². The zero-order chi connectivity index (χ0) is 10.7. The third-order valence-electron chi connectivity index (χ3n) is 1.98. The number of carbonyl (C=O) groups excluding carboxylic acids is 1. The second kappa shape index (κ2) is 4.46. The van der Waals surface area contributed by atoms with Gasteiger partial charge < -0.3 is 10.6 Å². The highest BCUT2D eigenvalue weighted by Gasteiger charge is 2.04. The first-order valence-electron chi connectivity index (χ1n) is 4.30. The van der Waals surface area contributed by atoms with Crippen LogP contribution in [0, 0.1) is 13.8 Å². The third-order valence-corrected chi connectivity index (χ3v) is 2.84. The molecule has 0 atom stereocenters. The van der Waals surface area contributed by atoms with Gasteiger partial charge in [-0.05, 0) is 31.0 Å². The highest BCUT2D eigenvalue weighted by molar-refractivity contribution is 9.10. The number of carbonyl (C=O) groups is 1. The monoisotopic (exact) mass is 256 g/mol. The fourth-order valence-corrected chi connectivity index (χ4v) is 1.49. The predicted molar refractivity (Wildman–Crippen MR) is 61.7 cm³/mol. The summed E-state index contributed by atoms with van der Waals surface area (Å²) < 4.78 is 0.995. The molecule has 0 spiro atoms. The molecule has 1 aromatic rings. The van der Waals surface area contributed by atoms with Crippen molar-refractivity contribution in [1.29, 1.82) is 0 Å². The first-order chi connectivity index (χ1) is 6.54. The van der Waals surface area contributed by atoms with Gasteiger partial charge in [0.15, 0.2) is 0 Å². The van der Waals surface area contributed by atoms with Gasteiger partial charge in [-0.15, -0.1) is 0 Å². The number of anilines is 1. The van der Waals surface area contributed by atoms with E-state index in [9.17, 15) is 4.79 Å². The lowest BCUT2D eigenvalue weighted by Gasteiger charge is -2.09. The minimum Gasteiger partial charge on any atom is -0.341 e. The number of rotatable bonds is 1.